The van der Waals surface area contributed by atoms with E-state index in [2.05, 4.69) is 15.5 Å². The van der Waals surface area contributed by atoms with E-state index in [0.29, 0.717) is 10.0 Å². The van der Waals surface area contributed by atoms with Crippen LogP contribution in [0.3, 0.4) is 0 Å². The van der Waals surface area contributed by atoms with E-state index in [9.17, 15) is 0 Å². The lowest BCUT2D eigenvalue weighted by Gasteiger charge is -2.10. The summed E-state index contributed by atoms with van der Waals surface area (Å²) in [5.74, 6) is 0.782. The van der Waals surface area contributed by atoms with Gasteiger partial charge in [0.2, 0.25) is 0 Å². The summed E-state index contributed by atoms with van der Waals surface area (Å²) in [7, 11) is 0. The van der Waals surface area contributed by atoms with Gasteiger partial charge in [0.15, 0.2) is 5.82 Å². The van der Waals surface area contributed by atoms with Crippen LogP contribution in [0.15, 0.2) is 42.5 Å². The van der Waals surface area contributed by atoms with Gasteiger partial charge in [0.25, 0.3) is 0 Å². The second-order valence-corrected chi connectivity index (χ2v) is 5.50. The molecule has 106 valence electrons. The van der Waals surface area contributed by atoms with Crippen molar-refractivity contribution in [1.29, 1.82) is 0 Å². The van der Waals surface area contributed by atoms with Gasteiger partial charge in [-0.1, -0.05) is 47.5 Å². The maximum atomic E-state index is 6.09. The smallest absolute Gasteiger partial charge is 0.156 e. The molecule has 0 aliphatic heterocycles. The zero-order valence-electron chi connectivity index (χ0n) is 11.4. The molecule has 21 heavy (non-hydrogen) atoms. The van der Waals surface area contributed by atoms with Crippen LogP contribution in [-0.4, -0.2) is 16.7 Å². The van der Waals surface area contributed by atoms with E-state index < -0.39 is 0 Å². The van der Waals surface area contributed by atoms with Gasteiger partial charge in [0.05, 0.1) is 0 Å². The van der Waals surface area contributed by atoms with E-state index in [1.807, 2.05) is 43.3 Å². The minimum absolute atomic E-state index is 0.583. The topological polar surface area (TPSA) is 37.8 Å². The minimum Gasteiger partial charge on any atom is -0.368 e. The van der Waals surface area contributed by atoms with Gasteiger partial charge in [0.1, 0.15) is 5.69 Å². The SMILES string of the molecule is CCNc1nnc(-c2cc(Cl)cc(Cl)c2)c2ccccc12. The Morgan fingerprint density at radius 2 is 1.62 bits per heavy atom. The summed E-state index contributed by atoms with van der Waals surface area (Å²) in [5, 5.41) is 15.1. The molecule has 5 heteroatoms. The quantitative estimate of drug-likeness (QED) is 0.735. The molecule has 1 N–H and O–H groups in total. The normalized spacial score (nSPS) is 10.8. The molecule has 1 heterocycles. The molecule has 0 aliphatic rings. The Labute approximate surface area is 132 Å². The molecule has 3 nitrogen and oxygen atoms in total. The Bertz CT molecular complexity index is 782. The van der Waals surface area contributed by atoms with Crippen molar-refractivity contribution >= 4 is 39.8 Å². The number of benzene rings is 2. The highest BCUT2D eigenvalue weighted by molar-refractivity contribution is 6.35. The zero-order chi connectivity index (χ0) is 14.8. The second-order valence-electron chi connectivity index (χ2n) is 4.63. The monoisotopic (exact) mass is 317 g/mol. The van der Waals surface area contributed by atoms with Gasteiger partial charge in [-0.05, 0) is 25.1 Å². The number of hydrogen-bond donors (Lipinski definition) is 1. The third kappa shape index (κ3) is 2.80. The van der Waals surface area contributed by atoms with Crippen molar-refractivity contribution < 1.29 is 0 Å². The molecule has 1 aromatic heterocycles. The molecule has 0 atom stereocenters. The summed E-state index contributed by atoms with van der Waals surface area (Å²) in [6.07, 6.45) is 0. The van der Waals surface area contributed by atoms with E-state index in [-0.39, 0.29) is 0 Å². The first-order valence-electron chi connectivity index (χ1n) is 6.65. The number of nitrogens with one attached hydrogen (secondary N) is 1. The van der Waals surface area contributed by atoms with Crippen LogP contribution in [0.25, 0.3) is 22.0 Å². The molecule has 0 bridgehead atoms. The Hall–Kier alpha value is -1.84. The molecule has 0 radical (unpaired) electrons. The lowest BCUT2D eigenvalue weighted by Crippen LogP contribution is -2.02. The number of halogens is 2. The summed E-state index contributed by atoms with van der Waals surface area (Å²) < 4.78 is 0. The molecule has 0 saturated heterocycles. The van der Waals surface area contributed by atoms with E-state index in [1.165, 1.54) is 0 Å². The zero-order valence-corrected chi connectivity index (χ0v) is 12.9. The predicted octanol–water partition coefficient (Wildman–Crippen LogP) is 5.04. The summed E-state index contributed by atoms with van der Waals surface area (Å²) in [6, 6.07) is 13.4. The van der Waals surface area contributed by atoms with Crippen molar-refractivity contribution in [2.75, 3.05) is 11.9 Å². The highest BCUT2D eigenvalue weighted by atomic mass is 35.5. The van der Waals surface area contributed by atoms with Gasteiger partial charge < -0.3 is 5.32 Å². The molecule has 0 amide bonds. The van der Waals surface area contributed by atoms with Crippen molar-refractivity contribution in [1.82, 2.24) is 10.2 Å². The summed E-state index contributed by atoms with van der Waals surface area (Å²) in [5.41, 5.74) is 1.64. The molecule has 0 spiro atoms. The highest BCUT2D eigenvalue weighted by Crippen LogP contribution is 2.32. The van der Waals surface area contributed by atoms with Crippen molar-refractivity contribution in [3.8, 4) is 11.3 Å². The second kappa shape index (κ2) is 5.88. The number of hydrogen-bond acceptors (Lipinski definition) is 3. The van der Waals surface area contributed by atoms with E-state index in [0.717, 1.165) is 34.4 Å². The fraction of sp³-hybridized carbons (Fsp3) is 0.125. The third-order valence-corrected chi connectivity index (χ3v) is 3.60. The van der Waals surface area contributed by atoms with Gasteiger partial charge in [0, 0.05) is 32.9 Å². The minimum atomic E-state index is 0.583. The summed E-state index contributed by atoms with van der Waals surface area (Å²) in [4.78, 5) is 0. The fourth-order valence-corrected chi connectivity index (χ4v) is 2.83. The molecular formula is C16H13Cl2N3. The van der Waals surface area contributed by atoms with Crippen LogP contribution in [0.5, 0.6) is 0 Å². The van der Waals surface area contributed by atoms with Crippen LogP contribution in [0.1, 0.15) is 6.92 Å². The van der Waals surface area contributed by atoms with Crippen molar-refractivity contribution in [3.63, 3.8) is 0 Å². The maximum Gasteiger partial charge on any atom is 0.156 e. The average Bonchev–Trinajstić information content (AvgIpc) is 2.47. The van der Waals surface area contributed by atoms with Crippen LogP contribution >= 0.6 is 23.2 Å². The largest absolute Gasteiger partial charge is 0.368 e. The van der Waals surface area contributed by atoms with Crippen LogP contribution in [0, 0.1) is 0 Å². The van der Waals surface area contributed by atoms with Gasteiger partial charge >= 0.3 is 0 Å². The summed E-state index contributed by atoms with van der Waals surface area (Å²) in [6.45, 7) is 2.82. The van der Waals surface area contributed by atoms with E-state index >= 15 is 0 Å². The van der Waals surface area contributed by atoms with Crippen molar-refractivity contribution in [2.24, 2.45) is 0 Å². The lowest BCUT2D eigenvalue weighted by molar-refractivity contribution is 1.03. The Kier molecular flexibility index (Phi) is 3.95. The standard InChI is InChI=1S/C16H13Cl2N3/c1-2-19-16-14-6-4-3-5-13(14)15(20-21-16)10-7-11(17)9-12(18)8-10/h3-9H,2H2,1H3,(H,19,21). The number of fused-ring (bicyclic) bond motifs is 1. The van der Waals surface area contributed by atoms with Crippen LogP contribution in [0.4, 0.5) is 5.82 Å². The molecule has 3 rings (SSSR count). The lowest BCUT2D eigenvalue weighted by atomic mass is 10.0. The fourth-order valence-electron chi connectivity index (χ4n) is 2.31. The molecule has 2 aromatic carbocycles. The van der Waals surface area contributed by atoms with E-state index in [1.54, 1.807) is 6.07 Å². The molecular weight excluding hydrogens is 305 g/mol. The van der Waals surface area contributed by atoms with Crippen molar-refractivity contribution in [3.05, 3.63) is 52.5 Å². The van der Waals surface area contributed by atoms with E-state index in [4.69, 9.17) is 23.2 Å². The first kappa shape index (κ1) is 14.1. The highest BCUT2D eigenvalue weighted by Gasteiger charge is 2.11. The van der Waals surface area contributed by atoms with Gasteiger partial charge in [-0.15, -0.1) is 10.2 Å². The van der Waals surface area contributed by atoms with Gasteiger partial charge in [-0.2, -0.15) is 0 Å². The Balaban J connectivity index is 2.26. The first-order valence-corrected chi connectivity index (χ1v) is 7.40. The molecule has 0 fully saturated rings. The number of rotatable bonds is 3. The van der Waals surface area contributed by atoms with Crippen LogP contribution in [-0.2, 0) is 0 Å². The van der Waals surface area contributed by atoms with Crippen molar-refractivity contribution in [2.45, 2.75) is 6.92 Å². The Morgan fingerprint density at radius 3 is 2.29 bits per heavy atom. The van der Waals surface area contributed by atoms with Crippen LogP contribution in [0.2, 0.25) is 10.0 Å². The van der Waals surface area contributed by atoms with Gasteiger partial charge in [-0.3, -0.25) is 0 Å². The molecule has 0 saturated carbocycles. The number of anilines is 1. The molecule has 0 aliphatic carbocycles. The van der Waals surface area contributed by atoms with Gasteiger partial charge in [-0.25, -0.2) is 0 Å². The summed E-state index contributed by atoms with van der Waals surface area (Å²) >= 11 is 12.2. The third-order valence-electron chi connectivity index (χ3n) is 3.17. The predicted molar refractivity (Wildman–Crippen MR) is 89.2 cm³/mol. The molecule has 3 aromatic rings. The number of nitrogens with zero attached hydrogens (tertiary/aromatic N) is 2. The van der Waals surface area contributed by atoms with Crippen LogP contribution < -0.4 is 5.32 Å². The average molecular weight is 318 g/mol. The molecule has 0 unspecified atom stereocenters. The maximum absolute atomic E-state index is 6.09. The Morgan fingerprint density at radius 1 is 0.952 bits per heavy atom. The number of aromatic nitrogens is 2. The first-order chi connectivity index (χ1) is 10.2.